The number of rotatable bonds is 4. The van der Waals surface area contributed by atoms with Gasteiger partial charge in [-0.15, -0.1) is 0 Å². The average Bonchev–Trinajstić information content (AvgIpc) is 2.35. The van der Waals surface area contributed by atoms with Crippen LogP contribution in [-0.4, -0.2) is 35.3 Å². The molecular formula is C8H16N4. The summed E-state index contributed by atoms with van der Waals surface area (Å²) in [6.07, 6.45) is 3.01. The summed E-state index contributed by atoms with van der Waals surface area (Å²) in [6.45, 7) is 2.02. The number of nitrogen functional groups attached to an aromatic ring is 1. The summed E-state index contributed by atoms with van der Waals surface area (Å²) in [5.41, 5.74) is 5.47. The molecule has 1 rings (SSSR count). The molecule has 68 valence electrons. The van der Waals surface area contributed by atoms with Crippen molar-refractivity contribution in [2.45, 2.75) is 13.0 Å². The van der Waals surface area contributed by atoms with Gasteiger partial charge in [-0.2, -0.15) is 5.10 Å². The molecule has 0 bridgehead atoms. The van der Waals surface area contributed by atoms with Crippen molar-refractivity contribution < 1.29 is 0 Å². The first-order chi connectivity index (χ1) is 5.68. The van der Waals surface area contributed by atoms with E-state index in [1.54, 1.807) is 0 Å². The summed E-state index contributed by atoms with van der Waals surface area (Å²) < 4.78 is 1.87. The Morgan fingerprint density at radius 1 is 1.58 bits per heavy atom. The fourth-order valence-electron chi connectivity index (χ4n) is 1.05. The van der Waals surface area contributed by atoms with Crippen molar-refractivity contribution in [3.63, 3.8) is 0 Å². The number of nitrogens with zero attached hydrogens (tertiary/aromatic N) is 3. The minimum atomic E-state index is 0.597. The Kier molecular flexibility index (Phi) is 3.10. The van der Waals surface area contributed by atoms with Gasteiger partial charge in [-0.3, -0.25) is 4.68 Å². The van der Waals surface area contributed by atoms with Gasteiger partial charge < -0.3 is 10.6 Å². The van der Waals surface area contributed by atoms with Crippen LogP contribution in [0.1, 0.15) is 6.42 Å². The van der Waals surface area contributed by atoms with Crippen molar-refractivity contribution in [3.8, 4) is 0 Å². The van der Waals surface area contributed by atoms with Gasteiger partial charge >= 0.3 is 0 Å². The molecule has 1 heterocycles. The molecule has 4 nitrogen and oxygen atoms in total. The minimum absolute atomic E-state index is 0.597. The number of aryl methyl sites for hydroxylation is 1. The molecule has 0 aromatic carbocycles. The molecule has 0 amide bonds. The van der Waals surface area contributed by atoms with Gasteiger partial charge in [0.25, 0.3) is 0 Å². The lowest BCUT2D eigenvalue weighted by Gasteiger charge is -2.08. The highest BCUT2D eigenvalue weighted by molar-refractivity contribution is 5.23. The second kappa shape index (κ2) is 4.11. The molecule has 1 aromatic heterocycles. The maximum absolute atomic E-state index is 5.47. The Morgan fingerprint density at radius 3 is 2.83 bits per heavy atom. The molecule has 12 heavy (non-hydrogen) atoms. The quantitative estimate of drug-likeness (QED) is 0.708. The van der Waals surface area contributed by atoms with Crippen molar-refractivity contribution in [1.29, 1.82) is 0 Å². The van der Waals surface area contributed by atoms with Crippen molar-refractivity contribution in [1.82, 2.24) is 14.7 Å². The molecule has 0 aliphatic rings. The van der Waals surface area contributed by atoms with Crippen molar-refractivity contribution in [3.05, 3.63) is 12.3 Å². The highest BCUT2D eigenvalue weighted by atomic mass is 15.3. The Bertz CT molecular complexity index is 229. The molecule has 0 saturated carbocycles. The first-order valence-corrected chi connectivity index (χ1v) is 4.12. The normalized spacial score (nSPS) is 10.9. The van der Waals surface area contributed by atoms with E-state index in [4.69, 9.17) is 5.73 Å². The maximum atomic E-state index is 5.47. The van der Waals surface area contributed by atoms with Crippen LogP contribution in [0.25, 0.3) is 0 Å². The number of hydrogen-bond acceptors (Lipinski definition) is 3. The molecule has 0 saturated heterocycles. The zero-order valence-corrected chi connectivity index (χ0v) is 7.70. The predicted molar refractivity (Wildman–Crippen MR) is 49.8 cm³/mol. The summed E-state index contributed by atoms with van der Waals surface area (Å²) in [5, 5.41) is 4.08. The van der Waals surface area contributed by atoms with Crippen LogP contribution >= 0.6 is 0 Å². The molecule has 1 aromatic rings. The van der Waals surface area contributed by atoms with Crippen molar-refractivity contribution in [2.24, 2.45) is 0 Å². The third-order valence-corrected chi connectivity index (χ3v) is 1.65. The SMILES string of the molecule is CN(C)CCCn1ccc(N)n1. The van der Waals surface area contributed by atoms with E-state index in [9.17, 15) is 0 Å². The van der Waals surface area contributed by atoms with Crippen molar-refractivity contribution in [2.75, 3.05) is 26.4 Å². The van der Waals surface area contributed by atoms with Crippen LogP contribution in [0.3, 0.4) is 0 Å². The molecule has 4 heteroatoms. The zero-order chi connectivity index (χ0) is 8.97. The summed E-state index contributed by atoms with van der Waals surface area (Å²) in [7, 11) is 4.13. The topological polar surface area (TPSA) is 47.1 Å². The van der Waals surface area contributed by atoms with Crippen LogP contribution < -0.4 is 5.73 Å². The van der Waals surface area contributed by atoms with Crippen LogP contribution in [-0.2, 0) is 6.54 Å². The van der Waals surface area contributed by atoms with Gasteiger partial charge in [0.2, 0.25) is 0 Å². The molecule has 0 aliphatic heterocycles. The Morgan fingerprint density at radius 2 is 2.33 bits per heavy atom. The largest absolute Gasteiger partial charge is 0.382 e. The van der Waals surface area contributed by atoms with E-state index < -0.39 is 0 Å². The third-order valence-electron chi connectivity index (χ3n) is 1.65. The Labute approximate surface area is 73.0 Å². The van der Waals surface area contributed by atoms with Gasteiger partial charge in [0.05, 0.1) is 0 Å². The van der Waals surface area contributed by atoms with Gasteiger partial charge in [0, 0.05) is 12.7 Å². The lowest BCUT2D eigenvalue weighted by Crippen LogP contribution is -2.15. The van der Waals surface area contributed by atoms with Crippen LogP contribution in [0.2, 0.25) is 0 Å². The number of hydrogen-bond donors (Lipinski definition) is 1. The fourth-order valence-corrected chi connectivity index (χ4v) is 1.05. The molecule has 2 N–H and O–H groups in total. The first kappa shape index (κ1) is 9.06. The molecule has 0 atom stereocenters. The molecule has 0 spiro atoms. The average molecular weight is 168 g/mol. The smallest absolute Gasteiger partial charge is 0.145 e. The zero-order valence-electron chi connectivity index (χ0n) is 7.70. The number of nitrogens with two attached hydrogens (primary N) is 1. The van der Waals surface area contributed by atoms with E-state index >= 15 is 0 Å². The summed E-state index contributed by atoms with van der Waals surface area (Å²) >= 11 is 0. The minimum Gasteiger partial charge on any atom is -0.382 e. The summed E-state index contributed by atoms with van der Waals surface area (Å²) in [5.74, 6) is 0.597. The van der Waals surface area contributed by atoms with Crippen LogP contribution in [0.4, 0.5) is 5.82 Å². The van der Waals surface area contributed by atoms with E-state index in [0.29, 0.717) is 5.82 Å². The van der Waals surface area contributed by atoms with Crippen LogP contribution in [0.5, 0.6) is 0 Å². The highest BCUT2D eigenvalue weighted by Crippen LogP contribution is 1.97. The lowest BCUT2D eigenvalue weighted by molar-refractivity contribution is 0.381. The molecule has 0 unspecified atom stereocenters. The van der Waals surface area contributed by atoms with Gasteiger partial charge in [0.1, 0.15) is 5.82 Å². The number of anilines is 1. The first-order valence-electron chi connectivity index (χ1n) is 4.12. The fraction of sp³-hybridized carbons (Fsp3) is 0.625. The summed E-state index contributed by atoms with van der Waals surface area (Å²) in [6, 6.07) is 1.82. The van der Waals surface area contributed by atoms with Gasteiger partial charge in [-0.05, 0) is 33.1 Å². The van der Waals surface area contributed by atoms with E-state index in [1.165, 1.54) is 0 Å². The van der Waals surface area contributed by atoms with Crippen LogP contribution in [0, 0.1) is 0 Å². The molecule has 0 radical (unpaired) electrons. The second-order valence-corrected chi connectivity index (χ2v) is 3.16. The third kappa shape index (κ3) is 2.92. The van der Waals surface area contributed by atoms with E-state index in [1.807, 2.05) is 16.9 Å². The van der Waals surface area contributed by atoms with Crippen LogP contribution in [0.15, 0.2) is 12.3 Å². The maximum Gasteiger partial charge on any atom is 0.145 e. The van der Waals surface area contributed by atoms with Gasteiger partial charge in [-0.25, -0.2) is 0 Å². The van der Waals surface area contributed by atoms with E-state index in [0.717, 1.165) is 19.5 Å². The van der Waals surface area contributed by atoms with E-state index in [-0.39, 0.29) is 0 Å². The predicted octanol–water partition coefficient (Wildman–Crippen LogP) is 0.417. The number of aromatic nitrogens is 2. The Balaban J connectivity index is 2.24. The van der Waals surface area contributed by atoms with Crippen molar-refractivity contribution >= 4 is 5.82 Å². The summed E-state index contributed by atoms with van der Waals surface area (Å²) in [4.78, 5) is 2.16. The Hall–Kier alpha value is -1.03. The highest BCUT2D eigenvalue weighted by Gasteiger charge is 1.94. The van der Waals surface area contributed by atoms with Gasteiger partial charge in [-0.1, -0.05) is 0 Å². The standard InChI is InChI=1S/C8H16N4/c1-11(2)5-3-6-12-7-4-8(9)10-12/h4,7H,3,5-6H2,1-2H3,(H2,9,10). The van der Waals surface area contributed by atoms with Gasteiger partial charge in [0.15, 0.2) is 0 Å². The molecule has 0 fully saturated rings. The molecule has 0 aliphatic carbocycles. The lowest BCUT2D eigenvalue weighted by atomic mass is 10.4. The molecular weight excluding hydrogens is 152 g/mol. The second-order valence-electron chi connectivity index (χ2n) is 3.16. The monoisotopic (exact) mass is 168 g/mol. The van der Waals surface area contributed by atoms with E-state index in [2.05, 4.69) is 24.1 Å².